The molecule has 2 aromatic carbocycles. The Hall–Kier alpha value is -3.12. The van der Waals surface area contributed by atoms with Crippen LogP contribution in [0.3, 0.4) is 0 Å². The van der Waals surface area contributed by atoms with Crippen LogP contribution < -0.4 is 10.6 Å². The molecule has 1 aliphatic rings. The van der Waals surface area contributed by atoms with Crippen molar-refractivity contribution in [2.24, 2.45) is 0 Å². The van der Waals surface area contributed by atoms with E-state index in [9.17, 15) is 9.59 Å². The van der Waals surface area contributed by atoms with Crippen molar-refractivity contribution in [1.82, 2.24) is 5.16 Å². The molecule has 2 amide bonds. The summed E-state index contributed by atoms with van der Waals surface area (Å²) in [4.78, 5) is 24.1. The van der Waals surface area contributed by atoms with Gasteiger partial charge in [0.1, 0.15) is 0 Å². The molecule has 2 N–H and O–H groups in total. The van der Waals surface area contributed by atoms with Gasteiger partial charge in [0.2, 0.25) is 5.91 Å². The molecule has 1 aromatic heterocycles. The van der Waals surface area contributed by atoms with Gasteiger partial charge in [-0.05, 0) is 36.2 Å². The van der Waals surface area contributed by atoms with Gasteiger partial charge >= 0.3 is 0 Å². The monoisotopic (exact) mass is 367 g/mol. The lowest BCUT2D eigenvalue weighted by atomic mass is 10.1. The van der Waals surface area contributed by atoms with Gasteiger partial charge < -0.3 is 15.2 Å². The van der Waals surface area contributed by atoms with E-state index in [0.29, 0.717) is 34.1 Å². The second kappa shape index (κ2) is 6.31. The van der Waals surface area contributed by atoms with Gasteiger partial charge in [0, 0.05) is 22.3 Å². The number of rotatable bonds is 3. The molecule has 1 aliphatic heterocycles. The Morgan fingerprint density at radius 1 is 1.27 bits per heavy atom. The van der Waals surface area contributed by atoms with Crippen molar-refractivity contribution in [1.29, 1.82) is 0 Å². The molecule has 2 heterocycles. The molecule has 6 nitrogen and oxygen atoms in total. The van der Waals surface area contributed by atoms with E-state index in [1.807, 2.05) is 31.2 Å². The Labute approximate surface area is 154 Å². The summed E-state index contributed by atoms with van der Waals surface area (Å²) in [6, 6.07) is 12.3. The average molecular weight is 368 g/mol. The van der Waals surface area contributed by atoms with E-state index < -0.39 is 5.91 Å². The SMILES string of the molecule is Cc1ccc(Cl)cc1NC(=O)c1cc(-c2cccc3c2NC(=O)C3)on1. The molecule has 7 heteroatoms. The summed E-state index contributed by atoms with van der Waals surface area (Å²) in [6.07, 6.45) is 0.332. The maximum absolute atomic E-state index is 12.5. The van der Waals surface area contributed by atoms with Crippen LogP contribution in [0.15, 0.2) is 47.0 Å². The van der Waals surface area contributed by atoms with Crippen molar-refractivity contribution >= 4 is 34.8 Å². The lowest BCUT2D eigenvalue weighted by Crippen LogP contribution is -2.13. The maximum atomic E-state index is 12.5. The standard InChI is InChI=1S/C19H14ClN3O3/c1-10-5-6-12(20)8-14(10)21-19(25)15-9-16(26-23-15)13-4-2-3-11-7-17(24)22-18(11)13/h2-6,8-9H,7H2,1H3,(H,21,25)(H,22,24). The highest BCUT2D eigenvalue weighted by molar-refractivity contribution is 6.31. The fourth-order valence-electron chi connectivity index (χ4n) is 2.88. The Balaban J connectivity index is 1.61. The quantitative estimate of drug-likeness (QED) is 0.731. The van der Waals surface area contributed by atoms with Crippen LogP contribution >= 0.6 is 11.6 Å². The second-order valence-electron chi connectivity index (χ2n) is 6.05. The molecule has 3 aromatic rings. The number of fused-ring (bicyclic) bond motifs is 1. The van der Waals surface area contributed by atoms with E-state index >= 15 is 0 Å². The van der Waals surface area contributed by atoms with Crippen molar-refractivity contribution in [2.45, 2.75) is 13.3 Å². The number of hydrogen-bond donors (Lipinski definition) is 2. The molecule has 0 unspecified atom stereocenters. The Kier molecular flexibility index (Phi) is 3.97. The fraction of sp³-hybridized carbons (Fsp3) is 0.105. The third kappa shape index (κ3) is 2.95. The minimum atomic E-state index is -0.401. The van der Waals surface area contributed by atoms with Crippen LogP contribution in [-0.2, 0) is 11.2 Å². The van der Waals surface area contributed by atoms with Crippen molar-refractivity contribution in [2.75, 3.05) is 10.6 Å². The number of nitrogens with one attached hydrogen (secondary N) is 2. The molecule has 130 valence electrons. The van der Waals surface area contributed by atoms with Crippen LogP contribution in [0.2, 0.25) is 5.02 Å². The normalized spacial score (nSPS) is 12.6. The average Bonchev–Trinajstić information content (AvgIpc) is 3.23. The van der Waals surface area contributed by atoms with Gasteiger partial charge in [-0.3, -0.25) is 9.59 Å². The number of anilines is 2. The molecule has 0 aliphatic carbocycles. The van der Waals surface area contributed by atoms with Crippen LogP contribution in [0.1, 0.15) is 21.6 Å². The number of nitrogens with zero attached hydrogens (tertiary/aromatic N) is 1. The number of benzene rings is 2. The van der Waals surface area contributed by atoms with Crippen LogP contribution in [0, 0.1) is 6.92 Å². The number of halogens is 1. The highest BCUT2D eigenvalue weighted by Crippen LogP contribution is 2.35. The van der Waals surface area contributed by atoms with E-state index in [1.165, 1.54) is 0 Å². The summed E-state index contributed by atoms with van der Waals surface area (Å²) in [6.45, 7) is 1.87. The summed E-state index contributed by atoms with van der Waals surface area (Å²) < 4.78 is 5.34. The van der Waals surface area contributed by atoms with Crippen LogP contribution in [0.25, 0.3) is 11.3 Å². The van der Waals surface area contributed by atoms with E-state index in [4.69, 9.17) is 16.1 Å². The number of hydrogen-bond acceptors (Lipinski definition) is 4. The van der Waals surface area contributed by atoms with E-state index in [-0.39, 0.29) is 11.6 Å². The van der Waals surface area contributed by atoms with Gasteiger partial charge in [0.25, 0.3) is 5.91 Å². The summed E-state index contributed by atoms with van der Waals surface area (Å²) in [5, 5.41) is 9.97. The first-order valence-electron chi connectivity index (χ1n) is 7.97. The first kappa shape index (κ1) is 16.4. The minimum Gasteiger partial charge on any atom is -0.355 e. The minimum absolute atomic E-state index is 0.0682. The predicted molar refractivity (Wildman–Crippen MR) is 98.4 cm³/mol. The Morgan fingerprint density at radius 3 is 2.96 bits per heavy atom. The second-order valence-corrected chi connectivity index (χ2v) is 6.49. The van der Waals surface area contributed by atoms with Crippen molar-refractivity contribution in [3.63, 3.8) is 0 Å². The molecule has 4 rings (SSSR count). The Bertz CT molecular complexity index is 1040. The van der Waals surface area contributed by atoms with Crippen LogP contribution in [0.5, 0.6) is 0 Å². The zero-order valence-electron chi connectivity index (χ0n) is 13.8. The van der Waals surface area contributed by atoms with Gasteiger partial charge in [-0.1, -0.05) is 35.0 Å². The molecule has 0 saturated heterocycles. The highest BCUT2D eigenvalue weighted by Gasteiger charge is 2.23. The van der Waals surface area contributed by atoms with Gasteiger partial charge in [0.05, 0.1) is 12.1 Å². The molecular weight excluding hydrogens is 354 g/mol. The highest BCUT2D eigenvalue weighted by atomic mass is 35.5. The molecule has 0 saturated carbocycles. The fourth-order valence-corrected chi connectivity index (χ4v) is 3.05. The molecule has 0 spiro atoms. The number of amides is 2. The van der Waals surface area contributed by atoms with Crippen molar-refractivity contribution < 1.29 is 14.1 Å². The number of aryl methyl sites for hydroxylation is 1. The third-order valence-electron chi connectivity index (χ3n) is 4.22. The van der Waals surface area contributed by atoms with Gasteiger partial charge in [-0.15, -0.1) is 0 Å². The number of para-hydroxylation sites is 1. The number of carbonyl (C=O) groups is 2. The van der Waals surface area contributed by atoms with Crippen LogP contribution in [-0.4, -0.2) is 17.0 Å². The topological polar surface area (TPSA) is 84.2 Å². The zero-order valence-corrected chi connectivity index (χ0v) is 14.6. The number of carbonyl (C=O) groups excluding carboxylic acids is 2. The summed E-state index contributed by atoms with van der Waals surface area (Å²) in [7, 11) is 0. The summed E-state index contributed by atoms with van der Waals surface area (Å²) >= 11 is 5.98. The van der Waals surface area contributed by atoms with Crippen LogP contribution in [0.4, 0.5) is 11.4 Å². The zero-order chi connectivity index (χ0) is 18.3. The number of aromatic nitrogens is 1. The Morgan fingerprint density at radius 2 is 2.12 bits per heavy atom. The smallest absolute Gasteiger partial charge is 0.277 e. The molecule has 26 heavy (non-hydrogen) atoms. The lowest BCUT2D eigenvalue weighted by Gasteiger charge is -2.06. The van der Waals surface area contributed by atoms with Gasteiger partial charge in [0.15, 0.2) is 11.5 Å². The lowest BCUT2D eigenvalue weighted by molar-refractivity contribution is -0.115. The molecule has 0 fully saturated rings. The predicted octanol–water partition coefficient (Wildman–Crippen LogP) is 4.05. The van der Waals surface area contributed by atoms with Crippen molar-refractivity contribution in [3.05, 3.63) is 64.3 Å². The van der Waals surface area contributed by atoms with E-state index in [0.717, 1.165) is 11.1 Å². The first-order chi connectivity index (χ1) is 12.5. The largest absolute Gasteiger partial charge is 0.355 e. The maximum Gasteiger partial charge on any atom is 0.277 e. The molecule has 0 radical (unpaired) electrons. The summed E-state index contributed by atoms with van der Waals surface area (Å²) in [5.74, 6) is -0.0552. The molecular formula is C19H14ClN3O3. The van der Waals surface area contributed by atoms with E-state index in [1.54, 1.807) is 18.2 Å². The first-order valence-corrected chi connectivity index (χ1v) is 8.35. The molecule has 0 atom stereocenters. The van der Waals surface area contributed by atoms with Gasteiger partial charge in [-0.25, -0.2) is 0 Å². The third-order valence-corrected chi connectivity index (χ3v) is 4.46. The van der Waals surface area contributed by atoms with Crippen molar-refractivity contribution in [3.8, 4) is 11.3 Å². The van der Waals surface area contributed by atoms with E-state index in [2.05, 4.69) is 15.8 Å². The summed E-state index contributed by atoms with van der Waals surface area (Å²) in [5.41, 5.74) is 3.92. The molecule has 0 bridgehead atoms. The van der Waals surface area contributed by atoms with Gasteiger partial charge in [-0.2, -0.15) is 0 Å².